The van der Waals surface area contributed by atoms with E-state index in [1.165, 1.54) is 0 Å². The Labute approximate surface area is 167 Å². The van der Waals surface area contributed by atoms with Crippen molar-refractivity contribution in [1.29, 1.82) is 5.26 Å². The summed E-state index contributed by atoms with van der Waals surface area (Å²) in [6.07, 6.45) is 0. The second-order valence-electron chi connectivity index (χ2n) is 5.58. The van der Waals surface area contributed by atoms with Crippen molar-refractivity contribution in [2.24, 2.45) is 0 Å². The molecule has 0 amide bonds. The summed E-state index contributed by atoms with van der Waals surface area (Å²) in [6.45, 7) is 2.20. The molecule has 1 heterocycles. The molecule has 2 aromatic carbocycles. The molecule has 3 rings (SSSR count). The monoisotopic (exact) mass is 398 g/mol. The predicted molar refractivity (Wildman–Crippen MR) is 108 cm³/mol. The second kappa shape index (κ2) is 8.30. The highest BCUT2D eigenvalue weighted by Gasteiger charge is 2.21. The summed E-state index contributed by atoms with van der Waals surface area (Å²) < 4.78 is 11.1. The molecule has 0 N–H and O–H groups in total. The first-order valence-electron chi connectivity index (χ1n) is 8.26. The average Bonchev–Trinajstić information content (AvgIpc) is 2.68. The van der Waals surface area contributed by atoms with Gasteiger partial charge in [0.05, 0.1) is 19.4 Å². The smallest absolute Gasteiger partial charge is 0.232 e. The van der Waals surface area contributed by atoms with E-state index in [1.54, 1.807) is 31.4 Å². The summed E-state index contributed by atoms with van der Waals surface area (Å²) in [5, 5.41) is 10.6. The van der Waals surface area contributed by atoms with Gasteiger partial charge < -0.3 is 9.47 Å². The van der Waals surface area contributed by atoms with Crippen LogP contribution in [0.15, 0.2) is 48.5 Å². The van der Waals surface area contributed by atoms with Crippen molar-refractivity contribution >= 4 is 23.2 Å². The fraction of sp³-hybridized carbons (Fsp3) is 0.143. The van der Waals surface area contributed by atoms with Crippen molar-refractivity contribution in [3.05, 3.63) is 64.1 Å². The number of hydrogen-bond donors (Lipinski definition) is 0. The predicted octanol–water partition coefficient (Wildman–Crippen LogP) is 6.00. The van der Waals surface area contributed by atoms with Crippen LogP contribution in [0.3, 0.4) is 0 Å². The van der Waals surface area contributed by atoms with Gasteiger partial charge in [-0.2, -0.15) is 5.26 Å². The van der Waals surface area contributed by atoms with E-state index in [2.05, 4.69) is 11.1 Å². The van der Waals surface area contributed by atoms with Gasteiger partial charge in [0, 0.05) is 26.7 Å². The number of nitrogens with zero attached hydrogens (tertiary/aromatic N) is 2. The number of methoxy groups -OCH3 is 1. The van der Waals surface area contributed by atoms with Gasteiger partial charge in [-0.1, -0.05) is 41.4 Å². The second-order valence-corrected chi connectivity index (χ2v) is 6.39. The summed E-state index contributed by atoms with van der Waals surface area (Å²) in [5.41, 5.74) is 2.78. The maximum absolute atomic E-state index is 9.75. The topological polar surface area (TPSA) is 55.1 Å². The molecule has 0 aliphatic heterocycles. The molecule has 0 fully saturated rings. The molecule has 27 heavy (non-hydrogen) atoms. The van der Waals surface area contributed by atoms with Gasteiger partial charge in [-0.15, -0.1) is 0 Å². The van der Waals surface area contributed by atoms with Crippen molar-refractivity contribution in [2.75, 3.05) is 13.7 Å². The lowest BCUT2D eigenvalue weighted by Crippen LogP contribution is -2.02. The quantitative estimate of drug-likeness (QED) is 0.528. The maximum Gasteiger partial charge on any atom is 0.232 e. The molecule has 4 nitrogen and oxygen atoms in total. The fourth-order valence-corrected chi connectivity index (χ4v) is 3.42. The average molecular weight is 399 g/mol. The Morgan fingerprint density at radius 3 is 2.37 bits per heavy atom. The van der Waals surface area contributed by atoms with E-state index in [0.29, 0.717) is 39.2 Å². The number of rotatable bonds is 5. The molecular weight excluding hydrogens is 383 g/mol. The Kier molecular flexibility index (Phi) is 5.85. The van der Waals surface area contributed by atoms with Gasteiger partial charge in [0.1, 0.15) is 17.4 Å². The highest BCUT2D eigenvalue weighted by molar-refractivity contribution is 6.39. The van der Waals surface area contributed by atoms with Crippen LogP contribution in [0.2, 0.25) is 10.0 Å². The van der Waals surface area contributed by atoms with E-state index in [9.17, 15) is 5.26 Å². The van der Waals surface area contributed by atoms with Crippen molar-refractivity contribution < 1.29 is 9.47 Å². The van der Waals surface area contributed by atoms with Crippen LogP contribution in [-0.2, 0) is 0 Å². The first-order chi connectivity index (χ1) is 13.1. The lowest BCUT2D eigenvalue weighted by atomic mass is 9.98. The number of para-hydroxylation sites is 1. The maximum atomic E-state index is 9.75. The minimum Gasteiger partial charge on any atom is -0.496 e. The minimum absolute atomic E-state index is 0.231. The largest absolute Gasteiger partial charge is 0.496 e. The van der Waals surface area contributed by atoms with E-state index in [4.69, 9.17) is 32.7 Å². The molecule has 0 unspecified atom stereocenters. The molecular formula is C21H16Cl2N2O2. The van der Waals surface area contributed by atoms with E-state index in [-0.39, 0.29) is 11.4 Å². The Bertz CT molecular complexity index is 1010. The van der Waals surface area contributed by atoms with E-state index in [0.717, 1.165) is 5.56 Å². The third kappa shape index (κ3) is 3.71. The Hall–Kier alpha value is -2.74. The number of ether oxygens (including phenoxy) is 2. The van der Waals surface area contributed by atoms with Crippen LogP contribution in [-0.4, -0.2) is 18.7 Å². The summed E-state index contributed by atoms with van der Waals surface area (Å²) in [5.74, 6) is 0.891. The lowest BCUT2D eigenvalue weighted by Gasteiger charge is -2.15. The van der Waals surface area contributed by atoms with E-state index < -0.39 is 0 Å². The zero-order valence-electron chi connectivity index (χ0n) is 14.8. The molecule has 6 heteroatoms. The molecule has 0 spiro atoms. The first kappa shape index (κ1) is 19.0. The molecule has 0 aliphatic rings. The van der Waals surface area contributed by atoms with Crippen LogP contribution >= 0.6 is 23.2 Å². The van der Waals surface area contributed by atoms with E-state index in [1.807, 2.05) is 31.2 Å². The fourth-order valence-electron chi connectivity index (χ4n) is 2.82. The summed E-state index contributed by atoms with van der Waals surface area (Å²) in [4.78, 5) is 4.55. The standard InChI is InChI=1S/C21H16Cl2N2O2/c1-3-27-21-15(12-24)14(20-16(22)8-6-9-17(20)23)11-18(25-21)13-7-4-5-10-19(13)26-2/h4-11H,3H2,1-2H3. The molecule has 0 bridgehead atoms. The molecule has 0 saturated carbocycles. The van der Waals surface area contributed by atoms with Gasteiger partial charge in [0.25, 0.3) is 0 Å². The van der Waals surface area contributed by atoms with Crippen molar-refractivity contribution in [3.8, 4) is 40.1 Å². The zero-order chi connectivity index (χ0) is 19.4. The van der Waals surface area contributed by atoms with Crippen LogP contribution < -0.4 is 9.47 Å². The van der Waals surface area contributed by atoms with Gasteiger partial charge in [-0.05, 0) is 37.3 Å². The third-order valence-electron chi connectivity index (χ3n) is 3.99. The van der Waals surface area contributed by atoms with Crippen molar-refractivity contribution in [1.82, 2.24) is 4.98 Å². The number of aromatic nitrogens is 1. The summed E-state index contributed by atoms with van der Waals surface area (Å²) in [6, 6.07) is 16.7. The Morgan fingerprint density at radius 1 is 1.04 bits per heavy atom. The number of hydrogen-bond acceptors (Lipinski definition) is 4. The molecule has 136 valence electrons. The number of pyridine rings is 1. The Morgan fingerprint density at radius 2 is 1.74 bits per heavy atom. The summed E-state index contributed by atoms with van der Waals surface area (Å²) in [7, 11) is 1.60. The number of nitriles is 1. The molecule has 0 saturated heterocycles. The Balaban J connectivity index is 2.36. The highest BCUT2D eigenvalue weighted by Crippen LogP contribution is 2.41. The van der Waals surface area contributed by atoms with Gasteiger partial charge in [0.2, 0.25) is 5.88 Å². The summed E-state index contributed by atoms with van der Waals surface area (Å²) >= 11 is 12.8. The number of halogens is 2. The zero-order valence-corrected chi connectivity index (χ0v) is 16.3. The minimum atomic E-state index is 0.231. The molecule has 1 aromatic heterocycles. The normalized spacial score (nSPS) is 10.3. The molecule has 3 aromatic rings. The van der Waals surface area contributed by atoms with Gasteiger partial charge in [0.15, 0.2) is 0 Å². The van der Waals surface area contributed by atoms with Gasteiger partial charge >= 0.3 is 0 Å². The van der Waals surface area contributed by atoms with Gasteiger partial charge in [-0.3, -0.25) is 0 Å². The first-order valence-corrected chi connectivity index (χ1v) is 9.02. The van der Waals surface area contributed by atoms with Crippen LogP contribution in [0.5, 0.6) is 11.6 Å². The van der Waals surface area contributed by atoms with Crippen LogP contribution in [0.25, 0.3) is 22.4 Å². The SMILES string of the molecule is CCOc1nc(-c2ccccc2OC)cc(-c2c(Cl)cccc2Cl)c1C#N. The van der Waals surface area contributed by atoms with Crippen LogP contribution in [0.1, 0.15) is 12.5 Å². The van der Waals surface area contributed by atoms with Crippen molar-refractivity contribution in [3.63, 3.8) is 0 Å². The van der Waals surface area contributed by atoms with Crippen LogP contribution in [0, 0.1) is 11.3 Å². The highest BCUT2D eigenvalue weighted by atomic mass is 35.5. The van der Waals surface area contributed by atoms with E-state index >= 15 is 0 Å². The molecule has 0 aliphatic carbocycles. The molecule has 0 atom stereocenters. The molecule has 0 radical (unpaired) electrons. The van der Waals surface area contributed by atoms with Crippen molar-refractivity contribution in [2.45, 2.75) is 6.92 Å². The number of benzene rings is 2. The van der Waals surface area contributed by atoms with Crippen LogP contribution in [0.4, 0.5) is 0 Å². The lowest BCUT2D eigenvalue weighted by molar-refractivity contribution is 0.326. The van der Waals surface area contributed by atoms with Gasteiger partial charge in [-0.25, -0.2) is 4.98 Å². The third-order valence-corrected chi connectivity index (χ3v) is 4.62.